The van der Waals surface area contributed by atoms with Gasteiger partial charge in [-0.1, -0.05) is 17.7 Å². The molecule has 2 rings (SSSR count). The summed E-state index contributed by atoms with van der Waals surface area (Å²) < 4.78 is 11.1. The maximum Gasteiger partial charge on any atom is 0.255 e. The molecular formula is C20H25NO3. The Balaban J connectivity index is 2.28. The van der Waals surface area contributed by atoms with E-state index < -0.39 is 0 Å². The molecule has 0 aromatic heterocycles. The van der Waals surface area contributed by atoms with E-state index in [0.29, 0.717) is 30.3 Å². The number of carbonyl (C=O) groups excluding carboxylic acids is 1. The molecule has 0 aliphatic rings. The van der Waals surface area contributed by atoms with Crippen molar-refractivity contribution in [1.29, 1.82) is 0 Å². The quantitative estimate of drug-likeness (QED) is 0.839. The molecule has 0 saturated carbocycles. The Hall–Kier alpha value is -2.49. The Morgan fingerprint density at radius 2 is 1.50 bits per heavy atom. The third kappa shape index (κ3) is 4.07. The van der Waals surface area contributed by atoms with E-state index in [9.17, 15) is 4.79 Å². The minimum atomic E-state index is -0.158. The van der Waals surface area contributed by atoms with E-state index in [1.165, 1.54) is 5.56 Å². The largest absolute Gasteiger partial charge is 0.490 e. The molecule has 0 radical (unpaired) electrons. The van der Waals surface area contributed by atoms with Crippen LogP contribution in [0.25, 0.3) is 0 Å². The summed E-state index contributed by atoms with van der Waals surface area (Å²) >= 11 is 0. The van der Waals surface area contributed by atoms with Crippen LogP contribution in [-0.2, 0) is 0 Å². The minimum absolute atomic E-state index is 0.158. The lowest BCUT2D eigenvalue weighted by atomic mass is 10.0. The number of rotatable bonds is 6. The zero-order chi connectivity index (χ0) is 17.7. The van der Waals surface area contributed by atoms with Crippen molar-refractivity contribution in [3.05, 3.63) is 52.6 Å². The lowest BCUT2D eigenvalue weighted by Crippen LogP contribution is -2.14. The molecule has 0 spiro atoms. The van der Waals surface area contributed by atoms with Crippen LogP contribution in [-0.4, -0.2) is 19.1 Å². The van der Waals surface area contributed by atoms with E-state index >= 15 is 0 Å². The van der Waals surface area contributed by atoms with Gasteiger partial charge in [-0.3, -0.25) is 4.79 Å². The molecule has 2 aromatic rings. The Labute approximate surface area is 143 Å². The molecule has 0 fully saturated rings. The Bertz CT molecular complexity index is 715. The molecule has 4 nitrogen and oxygen atoms in total. The van der Waals surface area contributed by atoms with Crippen molar-refractivity contribution in [1.82, 2.24) is 0 Å². The van der Waals surface area contributed by atoms with Crippen molar-refractivity contribution in [2.75, 3.05) is 18.5 Å². The van der Waals surface area contributed by atoms with Crippen molar-refractivity contribution in [3.63, 3.8) is 0 Å². The summed E-state index contributed by atoms with van der Waals surface area (Å²) in [5.74, 6) is 1.08. The predicted octanol–water partition coefficient (Wildman–Crippen LogP) is 4.66. The van der Waals surface area contributed by atoms with Crippen molar-refractivity contribution < 1.29 is 14.3 Å². The van der Waals surface area contributed by atoms with Crippen LogP contribution in [0.1, 0.15) is 40.9 Å². The van der Waals surface area contributed by atoms with E-state index in [-0.39, 0.29) is 5.91 Å². The van der Waals surface area contributed by atoms with Crippen LogP contribution in [0, 0.1) is 20.8 Å². The summed E-state index contributed by atoms with van der Waals surface area (Å²) in [5.41, 5.74) is 4.69. The van der Waals surface area contributed by atoms with Crippen LogP contribution in [0.4, 0.5) is 5.69 Å². The zero-order valence-corrected chi connectivity index (χ0v) is 15.0. The molecule has 0 heterocycles. The average Bonchev–Trinajstić information content (AvgIpc) is 2.52. The summed E-state index contributed by atoms with van der Waals surface area (Å²) in [4.78, 5) is 12.6. The van der Waals surface area contributed by atoms with Crippen LogP contribution in [0.2, 0.25) is 0 Å². The first-order valence-electron chi connectivity index (χ1n) is 8.25. The third-order valence-corrected chi connectivity index (χ3v) is 3.72. The molecule has 2 aromatic carbocycles. The second-order valence-corrected chi connectivity index (χ2v) is 5.76. The number of hydrogen-bond donors (Lipinski definition) is 1. The SMILES string of the molecule is CCOc1ccc(C(=O)Nc2c(C)cc(C)cc2C)cc1OCC. The van der Waals surface area contributed by atoms with Crippen molar-refractivity contribution in [2.24, 2.45) is 0 Å². The maximum absolute atomic E-state index is 12.6. The van der Waals surface area contributed by atoms with E-state index in [1.54, 1.807) is 18.2 Å². The first-order chi connectivity index (χ1) is 11.5. The first kappa shape index (κ1) is 17.9. The molecule has 0 unspecified atom stereocenters. The molecule has 0 aliphatic heterocycles. The Kier molecular flexibility index (Phi) is 5.85. The molecule has 128 valence electrons. The van der Waals surface area contributed by atoms with Gasteiger partial charge in [0.25, 0.3) is 5.91 Å². The lowest BCUT2D eigenvalue weighted by Gasteiger charge is -2.15. The summed E-state index contributed by atoms with van der Waals surface area (Å²) in [7, 11) is 0. The van der Waals surface area contributed by atoms with Crippen LogP contribution in [0.15, 0.2) is 30.3 Å². The lowest BCUT2D eigenvalue weighted by molar-refractivity contribution is 0.102. The van der Waals surface area contributed by atoms with E-state index in [4.69, 9.17) is 9.47 Å². The zero-order valence-electron chi connectivity index (χ0n) is 15.0. The molecular weight excluding hydrogens is 302 g/mol. The summed E-state index contributed by atoms with van der Waals surface area (Å²) in [6.45, 7) is 10.9. The summed E-state index contributed by atoms with van der Waals surface area (Å²) in [6.07, 6.45) is 0. The number of anilines is 1. The summed E-state index contributed by atoms with van der Waals surface area (Å²) in [5, 5.41) is 3.01. The normalized spacial score (nSPS) is 10.4. The van der Waals surface area contributed by atoms with E-state index in [1.807, 2.05) is 34.6 Å². The van der Waals surface area contributed by atoms with Gasteiger partial charge >= 0.3 is 0 Å². The van der Waals surface area contributed by atoms with Crippen molar-refractivity contribution in [2.45, 2.75) is 34.6 Å². The summed E-state index contributed by atoms with van der Waals surface area (Å²) in [6, 6.07) is 9.38. The molecule has 4 heteroatoms. The van der Waals surface area contributed by atoms with Gasteiger partial charge in [0.15, 0.2) is 11.5 Å². The Morgan fingerprint density at radius 1 is 0.917 bits per heavy atom. The van der Waals surface area contributed by atoms with Crippen molar-refractivity contribution in [3.8, 4) is 11.5 Å². The highest BCUT2D eigenvalue weighted by Gasteiger charge is 2.14. The third-order valence-electron chi connectivity index (χ3n) is 3.72. The topological polar surface area (TPSA) is 47.6 Å². The first-order valence-corrected chi connectivity index (χ1v) is 8.25. The number of ether oxygens (including phenoxy) is 2. The highest BCUT2D eigenvalue weighted by Crippen LogP contribution is 2.29. The van der Waals surface area contributed by atoms with E-state index in [0.717, 1.165) is 16.8 Å². The van der Waals surface area contributed by atoms with Gasteiger partial charge < -0.3 is 14.8 Å². The fourth-order valence-electron chi connectivity index (χ4n) is 2.76. The number of nitrogens with one attached hydrogen (secondary N) is 1. The molecule has 1 amide bonds. The number of amides is 1. The molecule has 0 atom stereocenters. The smallest absolute Gasteiger partial charge is 0.255 e. The van der Waals surface area contributed by atoms with Crippen LogP contribution < -0.4 is 14.8 Å². The molecule has 0 bridgehead atoms. The average molecular weight is 327 g/mol. The van der Waals surface area contributed by atoms with Gasteiger partial charge in [-0.05, 0) is 63.9 Å². The standard InChI is InChI=1S/C20H25NO3/c1-6-23-17-9-8-16(12-18(17)24-7-2)20(22)21-19-14(4)10-13(3)11-15(19)5/h8-12H,6-7H2,1-5H3,(H,21,22). The second-order valence-electron chi connectivity index (χ2n) is 5.76. The molecule has 1 N–H and O–H groups in total. The second kappa shape index (κ2) is 7.86. The van der Waals surface area contributed by atoms with E-state index in [2.05, 4.69) is 17.4 Å². The number of aryl methyl sites for hydroxylation is 3. The maximum atomic E-state index is 12.6. The van der Waals surface area contributed by atoms with Gasteiger partial charge in [-0.2, -0.15) is 0 Å². The monoisotopic (exact) mass is 327 g/mol. The van der Waals surface area contributed by atoms with Gasteiger partial charge in [0, 0.05) is 11.3 Å². The fraction of sp³-hybridized carbons (Fsp3) is 0.350. The predicted molar refractivity (Wildman–Crippen MR) is 97.4 cm³/mol. The molecule has 0 aliphatic carbocycles. The van der Waals surface area contributed by atoms with Crippen molar-refractivity contribution >= 4 is 11.6 Å². The fourth-order valence-corrected chi connectivity index (χ4v) is 2.76. The van der Waals surface area contributed by atoms with Gasteiger partial charge in [0.2, 0.25) is 0 Å². The number of benzene rings is 2. The van der Waals surface area contributed by atoms with Crippen LogP contribution in [0.3, 0.4) is 0 Å². The van der Waals surface area contributed by atoms with Gasteiger partial charge in [0.05, 0.1) is 13.2 Å². The van der Waals surface area contributed by atoms with Crippen LogP contribution in [0.5, 0.6) is 11.5 Å². The molecule has 24 heavy (non-hydrogen) atoms. The van der Waals surface area contributed by atoms with Gasteiger partial charge in [0.1, 0.15) is 0 Å². The number of hydrogen-bond acceptors (Lipinski definition) is 3. The minimum Gasteiger partial charge on any atom is -0.490 e. The van der Waals surface area contributed by atoms with Crippen LogP contribution >= 0.6 is 0 Å². The van der Waals surface area contributed by atoms with Gasteiger partial charge in [-0.15, -0.1) is 0 Å². The molecule has 0 saturated heterocycles. The Morgan fingerprint density at radius 3 is 2.08 bits per heavy atom. The highest BCUT2D eigenvalue weighted by atomic mass is 16.5. The number of carbonyl (C=O) groups is 1. The highest BCUT2D eigenvalue weighted by molar-refractivity contribution is 6.05. The van der Waals surface area contributed by atoms with Gasteiger partial charge in [-0.25, -0.2) is 0 Å².